The molecule has 0 radical (unpaired) electrons. The fraction of sp³-hybridized carbons (Fsp3) is 0.474. The van der Waals surface area contributed by atoms with Gasteiger partial charge < -0.3 is 19.9 Å². The largest absolute Gasteiger partial charge is 0.497 e. The van der Waals surface area contributed by atoms with E-state index in [9.17, 15) is 10.1 Å². The topological polar surface area (TPSA) is 68.6 Å². The molecule has 25 heavy (non-hydrogen) atoms. The van der Waals surface area contributed by atoms with E-state index in [1.165, 1.54) is 0 Å². The molecule has 1 aromatic carbocycles. The molecule has 6 heteroatoms. The third-order valence-corrected chi connectivity index (χ3v) is 4.57. The average Bonchev–Trinajstić information content (AvgIpc) is 2.64. The highest BCUT2D eigenvalue weighted by molar-refractivity contribution is 5.97. The van der Waals surface area contributed by atoms with Gasteiger partial charge in [0.1, 0.15) is 17.4 Å². The van der Waals surface area contributed by atoms with E-state index in [4.69, 9.17) is 4.74 Å². The lowest BCUT2D eigenvalue weighted by atomic mass is 10.0. The lowest BCUT2D eigenvalue weighted by molar-refractivity contribution is -0.117. The summed E-state index contributed by atoms with van der Waals surface area (Å²) in [5, 5.41) is 12.1. The first kappa shape index (κ1) is 18.8. The molecular weight excluding hydrogens is 316 g/mol. The molecule has 0 bridgehead atoms. The maximum atomic E-state index is 12.3. The van der Waals surface area contributed by atoms with Crippen LogP contribution in [0.25, 0.3) is 0 Å². The smallest absolute Gasteiger partial charge is 0.263 e. The van der Waals surface area contributed by atoms with Crippen LogP contribution >= 0.6 is 0 Å². The molecule has 1 N–H and O–H groups in total. The SMILES string of the molecule is COc1ccc(CNC(=O)/C(C#N)=C\N(C)C2CCN(C)CC2)cc1. The summed E-state index contributed by atoms with van der Waals surface area (Å²) in [4.78, 5) is 16.6. The van der Waals surface area contributed by atoms with E-state index in [2.05, 4.69) is 17.3 Å². The maximum Gasteiger partial charge on any atom is 0.263 e. The third kappa shape index (κ3) is 5.50. The van der Waals surface area contributed by atoms with E-state index >= 15 is 0 Å². The predicted octanol–water partition coefficient (Wildman–Crippen LogP) is 1.74. The number of rotatable bonds is 6. The lowest BCUT2D eigenvalue weighted by Gasteiger charge is -2.34. The summed E-state index contributed by atoms with van der Waals surface area (Å²) in [7, 11) is 5.66. The zero-order chi connectivity index (χ0) is 18.2. The number of methoxy groups -OCH3 is 1. The summed E-state index contributed by atoms with van der Waals surface area (Å²) < 4.78 is 5.11. The highest BCUT2D eigenvalue weighted by Gasteiger charge is 2.20. The van der Waals surface area contributed by atoms with Gasteiger partial charge in [-0.05, 0) is 50.7 Å². The summed E-state index contributed by atoms with van der Waals surface area (Å²) in [5.74, 6) is 0.422. The molecule has 6 nitrogen and oxygen atoms in total. The number of nitrogens with one attached hydrogen (secondary N) is 1. The quantitative estimate of drug-likeness (QED) is 0.630. The van der Waals surface area contributed by atoms with Gasteiger partial charge >= 0.3 is 0 Å². The Morgan fingerprint density at radius 3 is 2.60 bits per heavy atom. The van der Waals surface area contributed by atoms with Gasteiger partial charge in [0, 0.05) is 25.8 Å². The molecule has 1 fully saturated rings. The number of likely N-dealkylation sites (tertiary alicyclic amines) is 1. The summed E-state index contributed by atoms with van der Waals surface area (Å²) in [6.45, 7) is 2.45. The second-order valence-electron chi connectivity index (χ2n) is 6.39. The van der Waals surface area contributed by atoms with Gasteiger partial charge in [0.2, 0.25) is 0 Å². The molecule has 0 aromatic heterocycles. The van der Waals surface area contributed by atoms with Gasteiger partial charge in [0.15, 0.2) is 0 Å². The Bertz CT molecular complexity index is 640. The number of ether oxygens (including phenoxy) is 1. The summed E-state index contributed by atoms with van der Waals surface area (Å²) in [5.41, 5.74) is 1.09. The van der Waals surface area contributed by atoms with Crippen LogP contribution in [0, 0.1) is 11.3 Å². The number of nitriles is 1. The number of amides is 1. The molecule has 1 amide bonds. The van der Waals surface area contributed by atoms with Gasteiger partial charge in [-0.1, -0.05) is 12.1 Å². The second-order valence-corrected chi connectivity index (χ2v) is 6.39. The second kappa shape index (κ2) is 9.09. The van der Waals surface area contributed by atoms with Gasteiger partial charge in [0.05, 0.1) is 7.11 Å². The van der Waals surface area contributed by atoms with Crippen molar-refractivity contribution in [3.63, 3.8) is 0 Å². The Labute approximate surface area is 149 Å². The van der Waals surface area contributed by atoms with Crippen molar-refractivity contribution in [2.45, 2.75) is 25.4 Å². The van der Waals surface area contributed by atoms with Crippen molar-refractivity contribution in [2.24, 2.45) is 0 Å². The van der Waals surface area contributed by atoms with Crippen molar-refractivity contribution in [1.82, 2.24) is 15.1 Å². The highest BCUT2D eigenvalue weighted by Crippen LogP contribution is 2.15. The fourth-order valence-corrected chi connectivity index (χ4v) is 2.87. The predicted molar refractivity (Wildman–Crippen MR) is 96.8 cm³/mol. The first-order valence-electron chi connectivity index (χ1n) is 8.47. The van der Waals surface area contributed by atoms with Gasteiger partial charge in [0.25, 0.3) is 5.91 Å². The van der Waals surface area contributed by atoms with Crippen LogP contribution in [0.1, 0.15) is 18.4 Å². The van der Waals surface area contributed by atoms with Crippen molar-refractivity contribution >= 4 is 5.91 Å². The van der Waals surface area contributed by atoms with Crippen LogP contribution in [-0.4, -0.2) is 56.0 Å². The van der Waals surface area contributed by atoms with Crippen LogP contribution in [0.4, 0.5) is 0 Å². The average molecular weight is 342 g/mol. The maximum absolute atomic E-state index is 12.3. The van der Waals surface area contributed by atoms with Crippen LogP contribution in [0.15, 0.2) is 36.0 Å². The Balaban J connectivity index is 1.91. The van der Waals surface area contributed by atoms with E-state index in [0.29, 0.717) is 12.6 Å². The van der Waals surface area contributed by atoms with Crippen LogP contribution in [-0.2, 0) is 11.3 Å². The Morgan fingerprint density at radius 2 is 2.04 bits per heavy atom. The molecule has 0 spiro atoms. The number of hydrogen-bond donors (Lipinski definition) is 1. The van der Waals surface area contributed by atoms with Gasteiger partial charge in [-0.2, -0.15) is 5.26 Å². The number of benzene rings is 1. The molecule has 1 saturated heterocycles. The number of hydrogen-bond acceptors (Lipinski definition) is 5. The first-order valence-corrected chi connectivity index (χ1v) is 8.47. The van der Waals surface area contributed by atoms with Crippen LogP contribution in [0.2, 0.25) is 0 Å². The van der Waals surface area contributed by atoms with E-state index < -0.39 is 0 Å². The molecule has 1 aliphatic heterocycles. The van der Waals surface area contributed by atoms with Crippen molar-refractivity contribution < 1.29 is 9.53 Å². The van der Waals surface area contributed by atoms with Crippen LogP contribution in [0.3, 0.4) is 0 Å². The van der Waals surface area contributed by atoms with Gasteiger partial charge in [-0.25, -0.2) is 0 Å². The van der Waals surface area contributed by atoms with Crippen molar-refractivity contribution in [3.8, 4) is 11.8 Å². The van der Waals surface area contributed by atoms with Gasteiger partial charge in [-0.3, -0.25) is 4.79 Å². The molecule has 134 valence electrons. The molecule has 0 saturated carbocycles. The number of carbonyl (C=O) groups is 1. The van der Waals surface area contributed by atoms with E-state index in [0.717, 1.165) is 37.2 Å². The zero-order valence-electron chi connectivity index (χ0n) is 15.2. The van der Waals surface area contributed by atoms with Gasteiger partial charge in [-0.15, -0.1) is 0 Å². The van der Waals surface area contributed by atoms with Crippen molar-refractivity contribution in [3.05, 3.63) is 41.6 Å². The Morgan fingerprint density at radius 1 is 1.40 bits per heavy atom. The van der Waals surface area contributed by atoms with Crippen molar-refractivity contribution in [2.75, 3.05) is 34.3 Å². The Kier molecular flexibility index (Phi) is 6.84. The summed E-state index contributed by atoms with van der Waals surface area (Å²) in [6, 6.07) is 9.85. The molecule has 0 aliphatic carbocycles. The van der Waals surface area contributed by atoms with Crippen LogP contribution in [0.5, 0.6) is 5.75 Å². The molecule has 1 aliphatic rings. The number of carbonyl (C=O) groups excluding carboxylic acids is 1. The minimum absolute atomic E-state index is 0.134. The van der Waals surface area contributed by atoms with E-state index in [1.807, 2.05) is 42.3 Å². The minimum atomic E-state index is -0.349. The van der Waals surface area contributed by atoms with E-state index in [1.54, 1.807) is 13.3 Å². The van der Waals surface area contributed by atoms with E-state index in [-0.39, 0.29) is 11.5 Å². The summed E-state index contributed by atoms with van der Waals surface area (Å²) >= 11 is 0. The molecule has 1 aromatic rings. The van der Waals surface area contributed by atoms with Crippen molar-refractivity contribution in [1.29, 1.82) is 5.26 Å². The zero-order valence-corrected chi connectivity index (χ0v) is 15.2. The molecular formula is C19H26N4O2. The number of piperidine rings is 1. The molecule has 0 unspecified atom stereocenters. The number of nitrogens with zero attached hydrogens (tertiary/aromatic N) is 3. The highest BCUT2D eigenvalue weighted by atomic mass is 16.5. The Hall–Kier alpha value is -2.52. The normalized spacial score (nSPS) is 16.2. The standard InChI is InChI=1S/C19H26N4O2/c1-22-10-8-17(9-11-22)23(2)14-16(12-20)19(24)21-13-15-4-6-18(25-3)7-5-15/h4-7,14,17H,8-11,13H2,1-3H3,(H,21,24)/b16-14-. The molecule has 2 rings (SSSR count). The molecule has 1 heterocycles. The lowest BCUT2D eigenvalue weighted by Crippen LogP contribution is -2.40. The molecule has 0 atom stereocenters. The first-order chi connectivity index (χ1) is 12.0. The third-order valence-electron chi connectivity index (χ3n) is 4.57. The minimum Gasteiger partial charge on any atom is -0.497 e. The monoisotopic (exact) mass is 342 g/mol. The van der Waals surface area contributed by atoms with Crippen LogP contribution < -0.4 is 10.1 Å². The fourth-order valence-electron chi connectivity index (χ4n) is 2.87. The summed E-state index contributed by atoms with van der Waals surface area (Å²) in [6.07, 6.45) is 3.74.